The minimum Gasteiger partial charge on any atom is -0.496 e. The summed E-state index contributed by atoms with van der Waals surface area (Å²) in [6, 6.07) is 12.3. The lowest BCUT2D eigenvalue weighted by Gasteiger charge is -2.32. The lowest BCUT2D eigenvalue weighted by Crippen LogP contribution is -2.45. The van der Waals surface area contributed by atoms with Crippen LogP contribution in [0.5, 0.6) is 5.75 Å². The van der Waals surface area contributed by atoms with Crippen LogP contribution in [-0.2, 0) is 6.54 Å². The van der Waals surface area contributed by atoms with Gasteiger partial charge in [0.25, 0.3) is 0 Å². The first-order valence-corrected chi connectivity index (χ1v) is 10.2. The molecule has 3 rings (SSSR count). The molecule has 0 radical (unpaired) electrons. The molecule has 1 heterocycles. The van der Waals surface area contributed by atoms with Gasteiger partial charge in [-0.25, -0.2) is 4.79 Å². The third-order valence-electron chi connectivity index (χ3n) is 4.84. The van der Waals surface area contributed by atoms with Crippen LogP contribution in [0.2, 0.25) is 0 Å². The van der Waals surface area contributed by atoms with Crippen molar-refractivity contribution in [2.75, 3.05) is 32.2 Å². The van der Waals surface area contributed by atoms with E-state index >= 15 is 0 Å². The molecule has 2 amide bonds. The number of carbonyl (C=O) groups excluding carboxylic acids is 1. The maximum atomic E-state index is 12.6. The number of piperidine rings is 1. The molecule has 1 aliphatic rings. The van der Waals surface area contributed by atoms with Crippen LogP contribution in [0.15, 0.2) is 36.4 Å². The zero-order valence-electron chi connectivity index (χ0n) is 15.0. The van der Waals surface area contributed by atoms with Gasteiger partial charge in [0.2, 0.25) is 0 Å². The number of fused-ring (bicyclic) bond motifs is 1. The van der Waals surface area contributed by atoms with Gasteiger partial charge in [0.05, 0.1) is 7.11 Å². The molecule has 1 saturated heterocycles. The van der Waals surface area contributed by atoms with Gasteiger partial charge in [-0.2, -0.15) is 11.8 Å². The number of nitrogens with zero attached hydrogens (tertiary/aromatic N) is 1. The molecule has 1 N–H and O–H groups in total. The second-order valence-corrected chi connectivity index (χ2v) is 7.45. The highest BCUT2D eigenvalue weighted by Gasteiger charge is 2.23. The summed E-state index contributed by atoms with van der Waals surface area (Å²) in [6.07, 6.45) is 4.45. The first-order valence-electron chi connectivity index (χ1n) is 8.79. The zero-order valence-corrected chi connectivity index (χ0v) is 15.8. The van der Waals surface area contributed by atoms with E-state index in [1.807, 2.05) is 34.9 Å². The molecule has 5 heteroatoms. The second-order valence-electron chi connectivity index (χ2n) is 6.54. The summed E-state index contributed by atoms with van der Waals surface area (Å²) in [5.74, 6) is 2.56. The highest BCUT2D eigenvalue weighted by Crippen LogP contribution is 2.28. The predicted molar refractivity (Wildman–Crippen MR) is 105 cm³/mol. The van der Waals surface area contributed by atoms with E-state index in [4.69, 9.17) is 4.74 Å². The van der Waals surface area contributed by atoms with E-state index in [-0.39, 0.29) is 6.03 Å². The molecule has 0 bridgehead atoms. The first kappa shape index (κ1) is 17.9. The van der Waals surface area contributed by atoms with E-state index in [0.717, 1.165) is 47.3 Å². The quantitative estimate of drug-likeness (QED) is 0.874. The van der Waals surface area contributed by atoms with Gasteiger partial charge >= 0.3 is 6.03 Å². The predicted octanol–water partition coefficient (Wildman–Crippen LogP) is 4.13. The van der Waals surface area contributed by atoms with E-state index in [1.165, 1.54) is 6.42 Å². The third-order valence-corrected chi connectivity index (χ3v) is 5.65. The normalized spacial score (nSPS) is 17.5. The van der Waals surface area contributed by atoms with Gasteiger partial charge < -0.3 is 15.0 Å². The molecular weight excluding hydrogens is 332 g/mol. The van der Waals surface area contributed by atoms with Crippen LogP contribution in [-0.4, -0.2) is 43.1 Å². The molecule has 1 atom stereocenters. The van der Waals surface area contributed by atoms with Gasteiger partial charge in [0.15, 0.2) is 0 Å². The number of rotatable bonds is 5. The zero-order chi connectivity index (χ0) is 17.6. The van der Waals surface area contributed by atoms with Crippen LogP contribution < -0.4 is 10.1 Å². The number of carbonyl (C=O) groups is 1. The monoisotopic (exact) mass is 358 g/mol. The minimum absolute atomic E-state index is 0.0285. The Kier molecular flexibility index (Phi) is 6.08. The van der Waals surface area contributed by atoms with Crippen molar-refractivity contribution in [1.29, 1.82) is 0 Å². The van der Waals surface area contributed by atoms with E-state index in [2.05, 4.69) is 29.8 Å². The van der Waals surface area contributed by atoms with E-state index in [0.29, 0.717) is 12.5 Å². The highest BCUT2D eigenvalue weighted by molar-refractivity contribution is 7.98. The van der Waals surface area contributed by atoms with Crippen molar-refractivity contribution in [3.63, 3.8) is 0 Å². The number of hydrogen-bond donors (Lipinski definition) is 1. The maximum Gasteiger partial charge on any atom is 0.317 e. The van der Waals surface area contributed by atoms with Crippen molar-refractivity contribution in [3.05, 3.63) is 42.0 Å². The number of methoxy groups -OCH3 is 1. The largest absolute Gasteiger partial charge is 0.496 e. The molecule has 4 nitrogen and oxygen atoms in total. The maximum absolute atomic E-state index is 12.6. The van der Waals surface area contributed by atoms with Crippen LogP contribution in [0.3, 0.4) is 0 Å². The average Bonchev–Trinajstić information content (AvgIpc) is 2.66. The Hall–Kier alpha value is -1.88. The average molecular weight is 359 g/mol. The van der Waals surface area contributed by atoms with Gasteiger partial charge in [-0.05, 0) is 47.6 Å². The molecule has 2 aromatic rings. The SMILES string of the molecule is COc1ccc2ccccc2c1CNC(=O)N1CCC[C@@H](CSC)C1. The van der Waals surface area contributed by atoms with Gasteiger partial charge in [0.1, 0.15) is 5.75 Å². The molecular formula is C20H26N2O2S. The number of benzene rings is 2. The third kappa shape index (κ3) is 4.21. The Balaban J connectivity index is 1.70. The number of ether oxygens (including phenoxy) is 1. The van der Waals surface area contributed by atoms with Gasteiger partial charge in [-0.15, -0.1) is 0 Å². The number of nitrogens with one attached hydrogen (secondary N) is 1. The Morgan fingerprint density at radius 3 is 2.96 bits per heavy atom. The Morgan fingerprint density at radius 2 is 2.16 bits per heavy atom. The first-order chi connectivity index (χ1) is 12.2. The Morgan fingerprint density at radius 1 is 1.32 bits per heavy atom. The standard InChI is InChI=1S/C20H26N2O2S/c1-24-19-10-9-16-7-3-4-8-17(16)18(19)12-21-20(23)22-11-5-6-15(13-22)14-25-2/h3-4,7-10,15H,5-6,11-14H2,1-2H3,(H,21,23)/t15-/m1/s1. The molecule has 134 valence electrons. The molecule has 25 heavy (non-hydrogen) atoms. The summed E-state index contributed by atoms with van der Waals surface area (Å²) in [4.78, 5) is 14.6. The molecule has 1 fully saturated rings. The van der Waals surface area contributed by atoms with Crippen molar-refractivity contribution >= 4 is 28.6 Å². The van der Waals surface area contributed by atoms with Gasteiger partial charge in [0, 0.05) is 25.2 Å². The Labute approximate surface area is 153 Å². The smallest absolute Gasteiger partial charge is 0.317 e. The van der Waals surface area contributed by atoms with Crippen LogP contribution in [0, 0.1) is 5.92 Å². The number of urea groups is 1. The summed E-state index contributed by atoms with van der Waals surface area (Å²) in [7, 11) is 1.67. The lowest BCUT2D eigenvalue weighted by molar-refractivity contribution is 0.170. The van der Waals surface area contributed by atoms with Crippen molar-refractivity contribution < 1.29 is 9.53 Å². The van der Waals surface area contributed by atoms with Crippen LogP contribution in [0.4, 0.5) is 4.79 Å². The van der Waals surface area contributed by atoms with Crippen LogP contribution in [0.25, 0.3) is 10.8 Å². The molecule has 0 unspecified atom stereocenters. The van der Waals surface area contributed by atoms with Crippen molar-refractivity contribution in [2.24, 2.45) is 5.92 Å². The summed E-state index contributed by atoms with van der Waals surface area (Å²) < 4.78 is 5.51. The fourth-order valence-electron chi connectivity index (χ4n) is 3.59. The summed E-state index contributed by atoms with van der Waals surface area (Å²) >= 11 is 1.86. The van der Waals surface area contributed by atoms with Crippen LogP contribution >= 0.6 is 11.8 Å². The highest BCUT2D eigenvalue weighted by atomic mass is 32.2. The number of thioether (sulfide) groups is 1. The van der Waals surface area contributed by atoms with E-state index < -0.39 is 0 Å². The van der Waals surface area contributed by atoms with Crippen molar-refractivity contribution in [2.45, 2.75) is 19.4 Å². The summed E-state index contributed by atoms with van der Waals surface area (Å²) in [5.41, 5.74) is 1.03. The summed E-state index contributed by atoms with van der Waals surface area (Å²) in [6.45, 7) is 2.19. The lowest BCUT2D eigenvalue weighted by atomic mass is 10.0. The van der Waals surface area contributed by atoms with Crippen molar-refractivity contribution in [3.8, 4) is 5.75 Å². The van der Waals surface area contributed by atoms with Crippen LogP contribution in [0.1, 0.15) is 18.4 Å². The van der Waals surface area contributed by atoms with Gasteiger partial charge in [-0.1, -0.05) is 30.3 Å². The molecule has 0 saturated carbocycles. The van der Waals surface area contributed by atoms with E-state index in [1.54, 1.807) is 7.11 Å². The minimum atomic E-state index is 0.0285. The number of hydrogen-bond acceptors (Lipinski definition) is 3. The van der Waals surface area contributed by atoms with Crippen molar-refractivity contribution in [1.82, 2.24) is 10.2 Å². The fraction of sp³-hybridized carbons (Fsp3) is 0.450. The Bertz CT molecular complexity index is 733. The molecule has 0 aromatic heterocycles. The van der Waals surface area contributed by atoms with Gasteiger partial charge in [-0.3, -0.25) is 0 Å². The molecule has 1 aliphatic heterocycles. The molecule has 0 aliphatic carbocycles. The second kappa shape index (κ2) is 8.48. The summed E-state index contributed by atoms with van der Waals surface area (Å²) in [5, 5.41) is 5.38. The number of likely N-dealkylation sites (tertiary alicyclic amines) is 1. The topological polar surface area (TPSA) is 41.6 Å². The fourth-order valence-corrected chi connectivity index (χ4v) is 4.33. The molecule has 0 spiro atoms. The number of amides is 2. The molecule has 2 aromatic carbocycles. The van der Waals surface area contributed by atoms with E-state index in [9.17, 15) is 4.79 Å².